The van der Waals surface area contributed by atoms with Gasteiger partial charge < -0.3 is 4.90 Å². The van der Waals surface area contributed by atoms with Gasteiger partial charge in [0.15, 0.2) is 0 Å². The molecule has 0 atom stereocenters. The first-order valence-corrected chi connectivity index (χ1v) is 9.78. The summed E-state index contributed by atoms with van der Waals surface area (Å²) in [6.07, 6.45) is 4.22. The second-order valence-electron chi connectivity index (χ2n) is 5.77. The predicted octanol–water partition coefficient (Wildman–Crippen LogP) is 2.93. The van der Waals surface area contributed by atoms with Crippen LogP contribution in [0.5, 0.6) is 0 Å². The van der Waals surface area contributed by atoms with Gasteiger partial charge in [0.05, 0.1) is 12.1 Å². The lowest BCUT2D eigenvalue weighted by molar-refractivity contribution is -0.0258. The number of hydrogen-bond acceptors (Lipinski definition) is 4. The number of halogens is 1. The molecule has 1 amide bonds. The van der Waals surface area contributed by atoms with E-state index in [9.17, 15) is 13.2 Å². The van der Waals surface area contributed by atoms with Crippen molar-refractivity contribution in [3.63, 3.8) is 0 Å². The number of sulfonamides is 1. The van der Waals surface area contributed by atoms with Crippen molar-refractivity contribution in [2.24, 2.45) is 0 Å². The normalized spacial score (nSPS) is 15.9. The summed E-state index contributed by atoms with van der Waals surface area (Å²) in [5.41, 5.74) is 0.316. The average molecular weight is 375 g/mol. The summed E-state index contributed by atoms with van der Waals surface area (Å²) < 4.78 is 25.6. The van der Waals surface area contributed by atoms with Crippen molar-refractivity contribution in [1.82, 2.24) is 9.37 Å². The van der Waals surface area contributed by atoms with Gasteiger partial charge >= 0.3 is 0 Å². The van der Waals surface area contributed by atoms with E-state index in [1.54, 1.807) is 6.07 Å². The third-order valence-corrected chi connectivity index (χ3v) is 6.58. The zero-order valence-corrected chi connectivity index (χ0v) is 15.7. The Morgan fingerprint density at radius 3 is 2.50 bits per heavy atom. The second-order valence-corrected chi connectivity index (χ2v) is 8.08. The molecule has 1 fully saturated rings. The van der Waals surface area contributed by atoms with Gasteiger partial charge in [-0.1, -0.05) is 28.9 Å². The fourth-order valence-corrected chi connectivity index (χ4v) is 4.49. The van der Waals surface area contributed by atoms with Crippen molar-refractivity contribution in [2.45, 2.75) is 43.5 Å². The topological polar surface area (TPSA) is 66.9 Å². The van der Waals surface area contributed by atoms with Gasteiger partial charge in [-0.25, -0.2) is 8.42 Å². The van der Waals surface area contributed by atoms with Gasteiger partial charge in [-0.05, 0) is 38.0 Å². The van der Waals surface area contributed by atoms with E-state index >= 15 is 0 Å². The largest absolute Gasteiger partial charge is 0.336 e. The number of hydrogen-bond donors (Lipinski definition) is 0. The maximum absolute atomic E-state index is 12.8. The van der Waals surface area contributed by atoms with Gasteiger partial charge in [-0.15, -0.1) is 0 Å². The van der Waals surface area contributed by atoms with Gasteiger partial charge in [0.25, 0.3) is 15.9 Å². The van der Waals surface area contributed by atoms with Crippen LogP contribution in [0.25, 0.3) is 0 Å². The van der Waals surface area contributed by atoms with Crippen molar-refractivity contribution in [2.75, 3.05) is 20.7 Å². The number of amides is 1. The molecule has 8 heteroatoms. The molecule has 0 N–H and O–H groups in total. The quantitative estimate of drug-likeness (QED) is 0.718. The SMILES string of the molecule is CCN(C(=O)c1ccc(Cl)c(S(=O)(=O)N(C)OC)c1)C1CCCC1. The van der Waals surface area contributed by atoms with Crippen LogP contribution in [-0.2, 0) is 14.9 Å². The summed E-state index contributed by atoms with van der Waals surface area (Å²) in [5.74, 6) is -0.169. The van der Waals surface area contributed by atoms with Gasteiger partial charge in [0, 0.05) is 25.2 Å². The smallest absolute Gasteiger partial charge is 0.266 e. The number of carbonyl (C=O) groups excluding carboxylic acids is 1. The molecule has 1 saturated carbocycles. The summed E-state index contributed by atoms with van der Waals surface area (Å²) in [6, 6.07) is 4.55. The Morgan fingerprint density at radius 2 is 1.96 bits per heavy atom. The molecule has 2 rings (SSSR count). The van der Waals surface area contributed by atoms with E-state index in [0.29, 0.717) is 12.1 Å². The summed E-state index contributed by atoms with van der Waals surface area (Å²) in [6.45, 7) is 2.52. The maximum atomic E-state index is 12.8. The highest BCUT2D eigenvalue weighted by Gasteiger charge is 2.29. The molecular formula is C16H23ClN2O4S. The summed E-state index contributed by atoms with van der Waals surface area (Å²) in [5, 5.41) is 0.0550. The van der Waals surface area contributed by atoms with Gasteiger partial charge in [-0.2, -0.15) is 0 Å². The number of nitrogens with zero attached hydrogens (tertiary/aromatic N) is 2. The van der Waals surface area contributed by atoms with Crippen LogP contribution < -0.4 is 0 Å². The molecule has 0 saturated heterocycles. The summed E-state index contributed by atoms with van der Waals surface area (Å²) in [4.78, 5) is 19.3. The van der Waals surface area contributed by atoms with Crippen LogP contribution in [0.1, 0.15) is 43.0 Å². The van der Waals surface area contributed by atoms with Crippen molar-refractivity contribution < 1.29 is 18.0 Å². The van der Waals surface area contributed by atoms with Gasteiger partial charge in [0.1, 0.15) is 4.90 Å². The molecule has 1 aliphatic rings. The van der Waals surface area contributed by atoms with E-state index in [1.807, 2.05) is 11.8 Å². The minimum Gasteiger partial charge on any atom is -0.336 e. The maximum Gasteiger partial charge on any atom is 0.266 e. The van der Waals surface area contributed by atoms with Crippen LogP contribution >= 0.6 is 11.6 Å². The first-order chi connectivity index (χ1) is 11.3. The van der Waals surface area contributed by atoms with Crippen LogP contribution in [0, 0.1) is 0 Å². The van der Waals surface area contributed by atoms with Gasteiger partial charge in [-0.3, -0.25) is 9.63 Å². The molecule has 24 heavy (non-hydrogen) atoms. The Kier molecular flexibility index (Phi) is 6.25. The minimum absolute atomic E-state index is 0.0550. The molecule has 0 spiro atoms. The highest BCUT2D eigenvalue weighted by atomic mass is 35.5. The Bertz CT molecular complexity index is 702. The van der Waals surface area contributed by atoms with Crippen LogP contribution in [0.2, 0.25) is 5.02 Å². The van der Waals surface area contributed by atoms with Gasteiger partial charge in [0.2, 0.25) is 0 Å². The van der Waals surface area contributed by atoms with Crippen molar-refractivity contribution in [3.8, 4) is 0 Å². The third-order valence-electron chi connectivity index (χ3n) is 4.42. The highest BCUT2D eigenvalue weighted by molar-refractivity contribution is 7.89. The van der Waals surface area contributed by atoms with Crippen LogP contribution in [0.3, 0.4) is 0 Å². The van der Waals surface area contributed by atoms with Crippen molar-refractivity contribution in [1.29, 1.82) is 0 Å². The van der Waals surface area contributed by atoms with Crippen molar-refractivity contribution in [3.05, 3.63) is 28.8 Å². The molecule has 0 radical (unpaired) electrons. The lowest BCUT2D eigenvalue weighted by Crippen LogP contribution is -2.38. The van der Waals surface area contributed by atoms with E-state index in [-0.39, 0.29) is 21.9 Å². The number of rotatable bonds is 6. The van der Waals surface area contributed by atoms with Crippen molar-refractivity contribution >= 4 is 27.5 Å². The Hall–Kier alpha value is -1.15. The number of benzene rings is 1. The van der Waals surface area contributed by atoms with E-state index in [4.69, 9.17) is 16.4 Å². The average Bonchev–Trinajstić information content (AvgIpc) is 3.09. The zero-order valence-electron chi connectivity index (χ0n) is 14.2. The standard InChI is InChI=1S/C16H23ClN2O4S/c1-4-19(13-7-5-6-8-13)16(20)12-9-10-14(17)15(11-12)24(21,22)18(2)23-3/h9-11,13H,4-8H2,1-3H3. The zero-order chi connectivity index (χ0) is 17.9. The molecule has 1 aromatic rings. The molecule has 1 aromatic carbocycles. The Balaban J connectivity index is 2.38. The predicted molar refractivity (Wildman–Crippen MR) is 92.4 cm³/mol. The molecule has 0 unspecified atom stereocenters. The molecular weight excluding hydrogens is 352 g/mol. The molecule has 0 heterocycles. The van der Waals surface area contributed by atoms with E-state index in [1.165, 1.54) is 26.3 Å². The van der Waals surface area contributed by atoms with Crippen LogP contribution in [-0.4, -0.2) is 50.4 Å². The minimum atomic E-state index is -3.92. The molecule has 134 valence electrons. The molecule has 1 aliphatic carbocycles. The lowest BCUT2D eigenvalue weighted by atomic mass is 10.1. The summed E-state index contributed by atoms with van der Waals surface area (Å²) >= 11 is 6.04. The number of hydroxylamine groups is 1. The molecule has 0 aliphatic heterocycles. The van der Waals surface area contributed by atoms with Crippen LogP contribution in [0.4, 0.5) is 0 Å². The number of carbonyl (C=O) groups is 1. The molecule has 0 aromatic heterocycles. The van der Waals surface area contributed by atoms with Crippen LogP contribution in [0.15, 0.2) is 23.1 Å². The Labute approximate surface area is 148 Å². The van der Waals surface area contributed by atoms with E-state index in [0.717, 1.165) is 30.2 Å². The van der Waals surface area contributed by atoms with E-state index in [2.05, 4.69) is 0 Å². The fraction of sp³-hybridized carbons (Fsp3) is 0.562. The van der Waals surface area contributed by atoms with E-state index < -0.39 is 10.0 Å². The Morgan fingerprint density at radius 1 is 1.33 bits per heavy atom. The highest BCUT2D eigenvalue weighted by Crippen LogP contribution is 2.28. The molecule has 6 nitrogen and oxygen atoms in total. The first-order valence-electron chi connectivity index (χ1n) is 7.96. The lowest BCUT2D eigenvalue weighted by Gasteiger charge is -2.28. The third kappa shape index (κ3) is 3.74. The first kappa shape index (κ1) is 19.2. The molecule has 0 bridgehead atoms. The fourth-order valence-electron chi connectivity index (χ4n) is 3.02. The monoisotopic (exact) mass is 374 g/mol. The second kappa shape index (κ2) is 7.82. The summed E-state index contributed by atoms with van der Waals surface area (Å²) in [7, 11) is -1.39.